The summed E-state index contributed by atoms with van der Waals surface area (Å²) in [7, 11) is 0. The number of aromatic nitrogens is 1. The molecule has 2 aromatic carbocycles. The van der Waals surface area contributed by atoms with E-state index in [9.17, 15) is 9.59 Å². The molecule has 1 aromatic heterocycles. The van der Waals surface area contributed by atoms with Crippen molar-refractivity contribution in [1.82, 2.24) is 4.98 Å². The van der Waals surface area contributed by atoms with Gasteiger partial charge in [-0.25, -0.2) is 4.98 Å². The van der Waals surface area contributed by atoms with Crippen molar-refractivity contribution in [1.29, 1.82) is 0 Å². The molecule has 24 heavy (non-hydrogen) atoms. The Bertz CT molecular complexity index is 880. The lowest BCUT2D eigenvalue weighted by molar-refractivity contribution is -0.112. The third-order valence-electron chi connectivity index (χ3n) is 3.59. The molecule has 1 heterocycles. The van der Waals surface area contributed by atoms with Crippen molar-refractivity contribution in [3.8, 4) is 11.3 Å². The smallest absolute Gasteiger partial charge is 0.295 e. The highest BCUT2D eigenvalue weighted by atomic mass is 32.1. The van der Waals surface area contributed by atoms with Crippen LogP contribution in [-0.2, 0) is 4.79 Å². The molecule has 1 N–H and O–H groups in total. The zero-order chi connectivity index (χ0) is 17.1. The van der Waals surface area contributed by atoms with Crippen LogP contribution in [0.25, 0.3) is 11.3 Å². The van der Waals surface area contributed by atoms with Gasteiger partial charge in [-0.3, -0.25) is 14.9 Å². The molecular weight excluding hydrogens is 320 g/mol. The van der Waals surface area contributed by atoms with E-state index < -0.39 is 11.7 Å². The molecule has 0 saturated carbocycles. The number of benzene rings is 2. The van der Waals surface area contributed by atoms with Crippen molar-refractivity contribution in [2.45, 2.75) is 13.8 Å². The van der Waals surface area contributed by atoms with E-state index in [0.717, 1.165) is 16.8 Å². The van der Waals surface area contributed by atoms with E-state index in [0.29, 0.717) is 10.7 Å². The van der Waals surface area contributed by atoms with Gasteiger partial charge in [0.2, 0.25) is 0 Å². The zero-order valence-corrected chi connectivity index (χ0v) is 14.2. The van der Waals surface area contributed by atoms with Crippen LogP contribution in [0, 0.1) is 13.8 Å². The topological polar surface area (TPSA) is 59.1 Å². The van der Waals surface area contributed by atoms with Crippen molar-refractivity contribution in [2.24, 2.45) is 0 Å². The van der Waals surface area contributed by atoms with E-state index in [1.807, 2.05) is 43.5 Å². The maximum Gasteiger partial charge on any atom is 0.298 e. The van der Waals surface area contributed by atoms with Crippen LogP contribution < -0.4 is 5.32 Å². The molecular formula is C19H16N2O2S. The van der Waals surface area contributed by atoms with Gasteiger partial charge in [0.25, 0.3) is 11.7 Å². The Labute approximate surface area is 144 Å². The number of hydrogen-bond acceptors (Lipinski definition) is 4. The molecule has 0 fully saturated rings. The fourth-order valence-electron chi connectivity index (χ4n) is 2.18. The van der Waals surface area contributed by atoms with Gasteiger partial charge in [0, 0.05) is 16.5 Å². The number of ketones is 1. The van der Waals surface area contributed by atoms with E-state index in [2.05, 4.69) is 10.3 Å². The number of aryl methyl sites for hydroxylation is 2. The molecule has 0 unspecified atom stereocenters. The van der Waals surface area contributed by atoms with Gasteiger partial charge in [0.15, 0.2) is 5.13 Å². The van der Waals surface area contributed by atoms with Crippen molar-refractivity contribution in [3.63, 3.8) is 0 Å². The summed E-state index contributed by atoms with van der Waals surface area (Å²) in [4.78, 5) is 28.6. The molecule has 0 aliphatic heterocycles. The Morgan fingerprint density at radius 3 is 2.12 bits per heavy atom. The predicted octanol–water partition coefficient (Wildman–Crippen LogP) is 4.25. The standard InChI is InChI=1S/C19H16N2O2S/c1-12-3-7-14(8-4-12)16-11-24-19(20-16)21-18(23)17(22)15-9-5-13(2)6-10-15/h3-11H,1-2H3,(H,20,21,23). The van der Waals surface area contributed by atoms with Crippen LogP contribution in [0.5, 0.6) is 0 Å². The van der Waals surface area contributed by atoms with Gasteiger partial charge in [-0.2, -0.15) is 0 Å². The second-order valence-electron chi connectivity index (χ2n) is 5.55. The maximum atomic E-state index is 12.1. The summed E-state index contributed by atoms with van der Waals surface area (Å²) in [5.74, 6) is -1.24. The van der Waals surface area contributed by atoms with Gasteiger partial charge in [0.1, 0.15) is 0 Å². The van der Waals surface area contributed by atoms with Gasteiger partial charge in [-0.15, -0.1) is 11.3 Å². The van der Waals surface area contributed by atoms with Gasteiger partial charge < -0.3 is 0 Å². The number of carbonyl (C=O) groups excluding carboxylic acids is 2. The minimum Gasteiger partial charge on any atom is -0.295 e. The zero-order valence-electron chi connectivity index (χ0n) is 13.4. The van der Waals surface area contributed by atoms with Gasteiger partial charge >= 0.3 is 0 Å². The fraction of sp³-hybridized carbons (Fsp3) is 0.105. The number of rotatable bonds is 4. The van der Waals surface area contributed by atoms with Gasteiger partial charge in [-0.05, 0) is 13.8 Å². The SMILES string of the molecule is Cc1ccc(C(=O)C(=O)Nc2nc(-c3ccc(C)cc3)cs2)cc1. The lowest BCUT2D eigenvalue weighted by Gasteiger charge is -2.02. The first kappa shape index (κ1) is 16.1. The van der Waals surface area contributed by atoms with Crippen molar-refractivity contribution < 1.29 is 9.59 Å². The molecule has 3 aromatic rings. The maximum absolute atomic E-state index is 12.1. The fourth-order valence-corrected chi connectivity index (χ4v) is 2.89. The molecule has 4 nitrogen and oxygen atoms in total. The number of thiazole rings is 1. The molecule has 3 rings (SSSR count). The molecule has 0 atom stereocenters. The highest BCUT2D eigenvalue weighted by molar-refractivity contribution is 7.14. The lowest BCUT2D eigenvalue weighted by Crippen LogP contribution is -2.22. The summed E-state index contributed by atoms with van der Waals surface area (Å²) >= 11 is 1.30. The number of Topliss-reactive ketones (excluding diaryl/α,β-unsaturated/α-hetero) is 1. The number of nitrogens with zero attached hydrogens (tertiary/aromatic N) is 1. The Balaban J connectivity index is 1.72. The Kier molecular flexibility index (Phi) is 4.53. The molecule has 0 aliphatic rings. The minimum absolute atomic E-state index is 0.369. The average Bonchev–Trinajstić information content (AvgIpc) is 3.04. The molecule has 0 bridgehead atoms. The Hall–Kier alpha value is -2.79. The average molecular weight is 336 g/mol. The van der Waals surface area contributed by atoms with Crippen LogP contribution in [0.15, 0.2) is 53.9 Å². The quantitative estimate of drug-likeness (QED) is 0.572. The van der Waals surface area contributed by atoms with Gasteiger partial charge in [0.05, 0.1) is 5.69 Å². The molecule has 0 aliphatic carbocycles. The first-order valence-electron chi connectivity index (χ1n) is 7.48. The normalized spacial score (nSPS) is 10.4. The Morgan fingerprint density at radius 1 is 0.917 bits per heavy atom. The molecule has 0 radical (unpaired) electrons. The molecule has 1 amide bonds. The highest BCUT2D eigenvalue weighted by Crippen LogP contribution is 2.25. The monoisotopic (exact) mass is 336 g/mol. The van der Waals surface area contributed by atoms with E-state index in [-0.39, 0.29) is 0 Å². The predicted molar refractivity (Wildman–Crippen MR) is 96.4 cm³/mol. The van der Waals surface area contributed by atoms with E-state index >= 15 is 0 Å². The number of nitrogens with one attached hydrogen (secondary N) is 1. The molecule has 5 heteroatoms. The minimum atomic E-state index is -0.677. The summed E-state index contributed by atoms with van der Waals surface area (Å²) < 4.78 is 0. The van der Waals surface area contributed by atoms with Crippen molar-refractivity contribution in [3.05, 3.63) is 70.6 Å². The van der Waals surface area contributed by atoms with Crippen LogP contribution >= 0.6 is 11.3 Å². The van der Waals surface area contributed by atoms with Crippen LogP contribution in [0.4, 0.5) is 5.13 Å². The summed E-state index contributed by atoms with van der Waals surface area (Å²) in [5.41, 5.74) is 4.33. The molecule has 0 saturated heterocycles. The van der Waals surface area contributed by atoms with Crippen molar-refractivity contribution >= 4 is 28.2 Å². The highest BCUT2D eigenvalue weighted by Gasteiger charge is 2.17. The van der Waals surface area contributed by atoms with E-state index in [1.54, 1.807) is 24.3 Å². The summed E-state index contributed by atoms with van der Waals surface area (Å²) in [5, 5.41) is 4.85. The number of carbonyl (C=O) groups is 2. The second kappa shape index (κ2) is 6.76. The lowest BCUT2D eigenvalue weighted by atomic mass is 10.1. The first-order chi connectivity index (χ1) is 11.5. The molecule has 120 valence electrons. The number of anilines is 1. The number of hydrogen-bond donors (Lipinski definition) is 1. The third-order valence-corrected chi connectivity index (χ3v) is 4.35. The van der Waals surface area contributed by atoms with Crippen LogP contribution in [0.2, 0.25) is 0 Å². The molecule has 0 spiro atoms. The van der Waals surface area contributed by atoms with E-state index in [4.69, 9.17) is 0 Å². The van der Waals surface area contributed by atoms with E-state index in [1.165, 1.54) is 16.9 Å². The second-order valence-corrected chi connectivity index (χ2v) is 6.41. The summed E-state index contributed by atoms with van der Waals surface area (Å²) in [6, 6.07) is 14.9. The third kappa shape index (κ3) is 3.58. The summed E-state index contributed by atoms with van der Waals surface area (Å²) in [6.45, 7) is 3.95. The largest absolute Gasteiger partial charge is 0.298 e. The van der Waals surface area contributed by atoms with Crippen LogP contribution in [-0.4, -0.2) is 16.7 Å². The first-order valence-corrected chi connectivity index (χ1v) is 8.36. The van der Waals surface area contributed by atoms with Crippen LogP contribution in [0.1, 0.15) is 21.5 Å². The summed E-state index contributed by atoms with van der Waals surface area (Å²) in [6.07, 6.45) is 0. The van der Waals surface area contributed by atoms with Gasteiger partial charge in [-0.1, -0.05) is 59.7 Å². The van der Waals surface area contributed by atoms with Crippen molar-refractivity contribution in [2.75, 3.05) is 5.32 Å². The van der Waals surface area contributed by atoms with Crippen LogP contribution in [0.3, 0.4) is 0 Å². The number of amides is 1. The Morgan fingerprint density at radius 2 is 1.50 bits per heavy atom.